The first-order valence-corrected chi connectivity index (χ1v) is 7.45. The lowest BCUT2D eigenvalue weighted by Gasteiger charge is -2.27. The number of benzene rings is 2. The van der Waals surface area contributed by atoms with E-state index in [9.17, 15) is 9.50 Å². The standard InChI is InChI=1S/C18H18FN3O/c1-12(9-13-3-6-15(23)7-4-13)22(2)18-16-10-14(19)5-8-17(16)20-11-21-18/h3-8,10-12,23H,9H2,1-2H3. The molecule has 0 fully saturated rings. The van der Waals surface area contributed by atoms with Gasteiger partial charge >= 0.3 is 0 Å². The summed E-state index contributed by atoms with van der Waals surface area (Å²) in [5.41, 5.74) is 1.84. The Morgan fingerprint density at radius 1 is 1.13 bits per heavy atom. The van der Waals surface area contributed by atoms with Gasteiger partial charge in [-0.15, -0.1) is 0 Å². The molecule has 0 aliphatic heterocycles. The molecular formula is C18H18FN3O. The number of hydrogen-bond donors (Lipinski definition) is 1. The Morgan fingerprint density at radius 3 is 2.61 bits per heavy atom. The Bertz CT molecular complexity index is 820. The highest BCUT2D eigenvalue weighted by molar-refractivity contribution is 5.89. The molecule has 4 nitrogen and oxygen atoms in total. The molecule has 3 aromatic rings. The van der Waals surface area contributed by atoms with E-state index in [2.05, 4.69) is 16.9 Å². The maximum Gasteiger partial charge on any atom is 0.139 e. The van der Waals surface area contributed by atoms with Gasteiger partial charge in [-0.3, -0.25) is 0 Å². The zero-order chi connectivity index (χ0) is 16.4. The number of fused-ring (bicyclic) bond motifs is 1. The molecule has 0 spiro atoms. The van der Waals surface area contributed by atoms with Crippen molar-refractivity contribution >= 4 is 16.7 Å². The first-order chi connectivity index (χ1) is 11.0. The number of nitrogens with zero attached hydrogens (tertiary/aromatic N) is 3. The van der Waals surface area contributed by atoms with Crippen LogP contribution in [0.2, 0.25) is 0 Å². The van der Waals surface area contributed by atoms with Gasteiger partial charge in [0.15, 0.2) is 0 Å². The van der Waals surface area contributed by atoms with Crippen molar-refractivity contribution in [2.45, 2.75) is 19.4 Å². The van der Waals surface area contributed by atoms with Crippen LogP contribution >= 0.6 is 0 Å². The van der Waals surface area contributed by atoms with Crippen LogP contribution in [-0.4, -0.2) is 28.2 Å². The molecule has 1 atom stereocenters. The van der Waals surface area contributed by atoms with Crippen molar-refractivity contribution in [3.05, 3.63) is 60.2 Å². The number of phenols is 1. The number of anilines is 1. The summed E-state index contributed by atoms with van der Waals surface area (Å²) in [6, 6.07) is 11.8. The highest BCUT2D eigenvalue weighted by Crippen LogP contribution is 2.25. The molecule has 1 aromatic heterocycles. The van der Waals surface area contributed by atoms with Crippen LogP contribution in [0.25, 0.3) is 10.9 Å². The highest BCUT2D eigenvalue weighted by atomic mass is 19.1. The van der Waals surface area contributed by atoms with E-state index in [0.29, 0.717) is 11.2 Å². The molecule has 1 heterocycles. The van der Waals surface area contributed by atoms with Gasteiger partial charge in [-0.1, -0.05) is 12.1 Å². The van der Waals surface area contributed by atoms with Crippen LogP contribution < -0.4 is 4.90 Å². The van der Waals surface area contributed by atoms with Crippen molar-refractivity contribution < 1.29 is 9.50 Å². The zero-order valence-corrected chi connectivity index (χ0v) is 13.1. The van der Waals surface area contributed by atoms with Gasteiger partial charge in [0.2, 0.25) is 0 Å². The molecule has 118 valence electrons. The number of rotatable bonds is 4. The van der Waals surface area contributed by atoms with Crippen LogP contribution in [-0.2, 0) is 6.42 Å². The number of hydrogen-bond acceptors (Lipinski definition) is 4. The summed E-state index contributed by atoms with van der Waals surface area (Å²) in [6.07, 6.45) is 2.29. The van der Waals surface area contributed by atoms with E-state index >= 15 is 0 Å². The second-order valence-electron chi connectivity index (χ2n) is 5.69. The summed E-state index contributed by atoms with van der Waals surface area (Å²) < 4.78 is 13.6. The zero-order valence-electron chi connectivity index (χ0n) is 13.1. The van der Waals surface area contributed by atoms with E-state index in [0.717, 1.165) is 17.5 Å². The lowest BCUT2D eigenvalue weighted by Crippen LogP contribution is -2.31. The molecular weight excluding hydrogens is 293 g/mol. The van der Waals surface area contributed by atoms with Gasteiger partial charge in [0.1, 0.15) is 23.7 Å². The summed E-state index contributed by atoms with van der Waals surface area (Å²) in [7, 11) is 1.94. The second-order valence-corrected chi connectivity index (χ2v) is 5.69. The number of aromatic nitrogens is 2. The fraction of sp³-hybridized carbons (Fsp3) is 0.222. The third kappa shape index (κ3) is 3.23. The third-order valence-electron chi connectivity index (χ3n) is 4.04. The topological polar surface area (TPSA) is 49.2 Å². The van der Waals surface area contributed by atoms with E-state index in [4.69, 9.17) is 0 Å². The van der Waals surface area contributed by atoms with Crippen LogP contribution in [0.15, 0.2) is 48.8 Å². The molecule has 0 radical (unpaired) electrons. The van der Waals surface area contributed by atoms with Crippen molar-refractivity contribution in [2.75, 3.05) is 11.9 Å². The number of phenolic OH excluding ortho intramolecular Hbond substituents is 1. The van der Waals surface area contributed by atoms with E-state index in [1.54, 1.807) is 18.2 Å². The summed E-state index contributed by atoms with van der Waals surface area (Å²) in [5.74, 6) is 0.668. The smallest absolute Gasteiger partial charge is 0.139 e. The molecule has 0 saturated carbocycles. The first kappa shape index (κ1) is 15.2. The van der Waals surface area contributed by atoms with Crippen molar-refractivity contribution in [3.63, 3.8) is 0 Å². The van der Waals surface area contributed by atoms with E-state index < -0.39 is 0 Å². The third-order valence-corrected chi connectivity index (χ3v) is 4.04. The maximum absolute atomic E-state index is 13.6. The molecule has 3 rings (SSSR count). The molecule has 2 aromatic carbocycles. The molecule has 1 unspecified atom stereocenters. The number of likely N-dealkylation sites (N-methyl/N-ethyl adjacent to an activating group) is 1. The van der Waals surface area contributed by atoms with Crippen LogP contribution in [0, 0.1) is 5.82 Å². The fourth-order valence-electron chi connectivity index (χ4n) is 2.62. The van der Waals surface area contributed by atoms with Crippen molar-refractivity contribution in [1.82, 2.24) is 9.97 Å². The molecule has 0 saturated heterocycles. The van der Waals surface area contributed by atoms with Gasteiger partial charge < -0.3 is 10.0 Å². The van der Waals surface area contributed by atoms with Crippen LogP contribution in [0.3, 0.4) is 0 Å². The maximum atomic E-state index is 13.6. The predicted octanol–water partition coefficient (Wildman–Crippen LogP) is 3.54. The second kappa shape index (κ2) is 6.20. The Morgan fingerprint density at radius 2 is 1.87 bits per heavy atom. The van der Waals surface area contributed by atoms with Gasteiger partial charge in [-0.05, 0) is 49.2 Å². The first-order valence-electron chi connectivity index (χ1n) is 7.45. The minimum Gasteiger partial charge on any atom is -0.508 e. The number of halogens is 1. The Balaban J connectivity index is 1.88. The molecule has 0 aliphatic carbocycles. The normalized spacial score (nSPS) is 12.3. The Kier molecular flexibility index (Phi) is 4.10. The number of aromatic hydroxyl groups is 1. The summed E-state index contributed by atoms with van der Waals surface area (Å²) in [6.45, 7) is 2.08. The van der Waals surface area contributed by atoms with Gasteiger partial charge in [-0.2, -0.15) is 0 Å². The van der Waals surface area contributed by atoms with Gasteiger partial charge in [-0.25, -0.2) is 14.4 Å². The minimum absolute atomic E-state index is 0.154. The van der Waals surface area contributed by atoms with E-state index in [-0.39, 0.29) is 17.6 Å². The molecule has 0 amide bonds. The van der Waals surface area contributed by atoms with Gasteiger partial charge in [0.05, 0.1) is 5.52 Å². The van der Waals surface area contributed by atoms with Crippen LogP contribution in [0.5, 0.6) is 5.75 Å². The molecule has 5 heteroatoms. The van der Waals surface area contributed by atoms with Crippen molar-refractivity contribution in [1.29, 1.82) is 0 Å². The van der Waals surface area contributed by atoms with Crippen molar-refractivity contribution in [3.8, 4) is 5.75 Å². The molecule has 0 bridgehead atoms. The lowest BCUT2D eigenvalue weighted by molar-refractivity contribution is 0.475. The van der Waals surface area contributed by atoms with E-state index in [1.807, 2.05) is 24.1 Å². The monoisotopic (exact) mass is 311 g/mol. The summed E-state index contributed by atoms with van der Waals surface area (Å²) in [4.78, 5) is 10.5. The van der Waals surface area contributed by atoms with Crippen LogP contribution in [0.4, 0.5) is 10.2 Å². The largest absolute Gasteiger partial charge is 0.508 e. The highest BCUT2D eigenvalue weighted by Gasteiger charge is 2.15. The minimum atomic E-state index is -0.298. The summed E-state index contributed by atoms with van der Waals surface area (Å²) in [5, 5.41) is 10.1. The molecule has 1 N–H and O–H groups in total. The van der Waals surface area contributed by atoms with E-state index in [1.165, 1.54) is 18.5 Å². The SMILES string of the molecule is CC(Cc1ccc(O)cc1)N(C)c1ncnc2ccc(F)cc12. The molecule has 23 heavy (non-hydrogen) atoms. The predicted molar refractivity (Wildman–Crippen MR) is 89.2 cm³/mol. The lowest BCUT2D eigenvalue weighted by atomic mass is 10.1. The Hall–Kier alpha value is -2.69. The molecule has 0 aliphatic rings. The fourth-order valence-corrected chi connectivity index (χ4v) is 2.62. The van der Waals surface area contributed by atoms with Crippen molar-refractivity contribution in [2.24, 2.45) is 0 Å². The van der Waals surface area contributed by atoms with Gasteiger partial charge in [0, 0.05) is 18.5 Å². The quantitative estimate of drug-likeness (QED) is 0.800. The Labute approximate surface area is 134 Å². The van der Waals surface area contributed by atoms with Crippen LogP contribution in [0.1, 0.15) is 12.5 Å². The average molecular weight is 311 g/mol. The van der Waals surface area contributed by atoms with Gasteiger partial charge in [0.25, 0.3) is 0 Å². The average Bonchev–Trinajstić information content (AvgIpc) is 2.55. The summed E-state index contributed by atoms with van der Waals surface area (Å²) >= 11 is 0.